The molecule has 0 amide bonds. The Hall–Kier alpha value is -1.46. The number of alkyl halides is 4. The summed E-state index contributed by atoms with van der Waals surface area (Å²) in [6.07, 6.45) is -4.65. The van der Waals surface area contributed by atoms with Gasteiger partial charge in [0.05, 0.1) is 23.6 Å². The Kier molecular flexibility index (Phi) is 4.35. The van der Waals surface area contributed by atoms with Crippen LogP contribution in [0.5, 0.6) is 0 Å². The fourth-order valence-corrected chi connectivity index (χ4v) is 2.78. The van der Waals surface area contributed by atoms with Crippen molar-refractivity contribution in [2.24, 2.45) is 0 Å². The van der Waals surface area contributed by atoms with Crippen molar-refractivity contribution in [1.29, 1.82) is 0 Å². The molecular weight excluding hydrogens is 284 g/mol. The van der Waals surface area contributed by atoms with E-state index in [0.717, 1.165) is 6.07 Å². The molecule has 0 radical (unpaired) electrons. The smallest absolute Gasteiger partial charge is 0.366 e. The molecule has 2 aliphatic rings. The maximum Gasteiger partial charge on any atom is 0.418 e. The van der Waals surface area contributed by atoms with Gasteiger partial charge in [0.1, 0.15) is 6.17 Å². The van der Waals surface area contributed by atoms with Crippen LogP contribution in [0.4, 0.5) is 28.9 Å². The van der Waals surface area contributed by atoms with Gasteiger partial charge < -0.3 is 10.2 Å². The zero-order chi connectivity index (χ0) is 15.8. The van der Waals surface area contributed by atoms with Crippen molar-refractivity contribution in [2.45, 2.75) is 52.0 Å². The quantitative estimate of drug-likeness (QED) is 0.755. The number of anilines is 2. The van der Waals surface area contributed by atoms with E-state index in [1.54, 1.807) is 17.9 Å². The van der Waals surface area contributed by atoms with Crippen LogP contribution >= 0.6 is 0 Å². The van der Waals surface area contributed by atoms with Crippen LogP contribution in [0.2, 0.25) is 0 Å². The number of nitrogens with zero attached hydrogens (tertiary/aromatic N) is 1. The number of halogens is 4. The number of hydrogen-bond donors (Lipinski definition) is 1. The van der Waals surface area contributed by atoms with Crippen LogP contribution in [-0.2, 0) is 6.18 Å². The lowest BCUT2D eigenvalue weighted by molar-refractivity contribution is -0.137. The number of hydrogen-bond acceptors (Lipinski definition) is 2. The highest BCUT2D eigenvalue weighted by Crippen LogP contribution is 2.47. The Morgan fingerprint density at radius 2 is 1.81 bits per heavy atom. The predicted molar refractivity (Wildman–Crippen MR) is 76.4 cm³/mol. The third-order valence-electron chi connectivity index (χ3n) is 3.78. The monoisotopic (exact) mass is 304 g/mol. The van der Waals surface area contributed by atoms with Gasteiger partial charge in [-0.3, -0.25) is 0 Å². The third kappa shape index (κ3) is 2.94. The average molecular weight is 304 g/mol. The molecular formula is C15H20F4N2. The first-order valence-corrected chi connectivity index (χ1v) is 7.22. The molecule has 0 spiro atoms. The molecule has 1 saturated carbocycles. The minimum absolute atomic E-state index is 0.132. The van der Waals surface area contributed by atoms with Crippen molar-refractivity contribution in [3.63, 3.8) is 0 Å². The van der Waals surface area contributed by atoms with Gasteiger partial charge in [0.25, 0.3) is 0 Å². The lowest BCUT2D eigenvalue weighted by Crippen LogP contribution is -2.46. The van der Waals surface area contributed by atoms with Crippen LogP contribution in [0.25, 0.3) is 0 Å². The molecule has 0 saturated heterocycles. The maximum absolute atomic E-state index is 13.1. The predicted octanol–water partition coefficient (Wildman–Crippen LogP) is 4.73. The number of rotatable bonds is 1. The Morgan fingerprint density at radius 1 is 1.19 bits per heavy atom. The highest BCUT2D eigenvalue weighted by molar-refractivity contribution is 5.80. The highest BCUT2D eigenvalue weighted by atomic mass is 19.4. The second kappa shape index (κ2) is 5.73. The molecule has 0 atom stereocenters. The summed E-state index contributed by atoms with van der Waals surface area (Å²) in [6, 6.07) is 2.73. The summed E-state index contributed by atoms with van der Waals surface area (Å²) >= 11 is 0. The van der Waals surface area contributed by atoms with Crippen molar-refractivity contribution in [1.82, 2.24) is 0 Å². The van der Waals surface area contributed by atoms with Gasteiger partial charge in [-0.1, -0.05) is 13.8 Å². The van der Waals surface area contributed by atoms with Crippen LogP contribution in [0, 0.1) is 6.92 Å². The van der Waals surface area contributed by atoms with Crippen LogP contribution in [0.3, 0.4) is 0 Å². The first kappa shape index (κ1) is 15.9. The van der Waals surface area contributed by atoms with Crippen LogP contribution < -0.4 is 10.2 Å². The summed E-state index contributed by atoms with van der Waals surface area (Å²) in [5, 5.41) is 2.97. The van der Waals surface area contributed by atoms with Gasteiger partial charge in [-0.25, -0.2) is 4.39 Å². The summed E-state index contributed by atoms with van der Waals surface area (Å²) in [4.78, 5) is 1.65. The zero-order valence-corrected chi connectivity index (χ0v) is 12.4. The largest absolute Gasteiger partial charge is 0.418 e. The molecule has 1 heterocycles. The van der Waals surface area contributed by atoms with E-state index in [-0.39, 0.29) is 11.7 Å². The second-order valence-electron chi connectivity index (χ2n) is 5.23. The Labute approximate surface area is 122 Å². The highest BCUT2D eigenvalue weighted by Gasteiger charge is 2.43. The molecule has 2 nitrogen and oxygen atoms in total. The molecule has 0 unspecified atom stereocenters. The van der Waals surface area contributed by atoms with E-state index in [4.69, 9.17) is 0 Å². The van der Waals surface area contributed by atoms with Gasteiger partial charge in [-0.2, -0.15) is 13.2 Å². The lowest BCUT2D eigenvalue weighted by Gasteiger charge is -2.39. The fraction of sp³-hybridized carbons (Fsp3) is 0.600. The summed E-state index contributed by atoms with van der Waals surface area (Å²) in [7, 11) is 0. The standard InChI is InChI=1S/C13H14F4N2.C2H6/c1-7-2-10(13(15,16)17)12-11(3-7)18-6-19(12)9-4-8(14)5-9;1-2/h2-3,8-9,18H,4-6H2,1H3;1-2H3. The topological polar surface area (TPSA) is 15.3 Å². The van der Waals surface area contributed by atoms with Crippen LogP contribution in [-0.4, -0.2) is 18.9 Å². The Bertz CT molecular complexity index is 507. The summed E-state index contributed by atoms with van der Waals surface area (Å²) < 4.78 is 52.3. The Morgan fingerprint density at radius 3 is 2.33 bits per heavy atom. The first-order valence-electron chi connectivity index (χ1n) is 7.22. The fourth-order valence-electron chi connectivity index (χ4n) is 2.78. The summed E-state index contributed by atoms with van der Waals surface area (Å²) in [5.74, 6) is 0. The van der Waals surface area contributed by atoms with E-state index in [1.165, 1.54) is 0 Å². The average Bonchev–Trinajstić information content (AvgIpc) is 2.78. The molecule has 1 N–H and O–H groups in total. The van der Waals surface area contributed by atoms with Crippen molar-refractivity contribution >= 4 is 11.4 Å². The van der Waals surface area contributed by atoms with Gasteiger partial charge >= 0.3 is 6.18 Å². The SMILES string of the molecule is CC.Cc1cc2c(c(C(F)(F)F)c1)N(C1CC(F)C1)CN2. The minimum Gasteiger partial charge on any atom is -0.366 e. The molecule has 1 fully saturated rings. The van der Waals surface area contributed by atoms with E-state index in [9.17, 15) is 17.6 Å². The zero-order valence-electron chi connectivity index (χ0n) is 12.4. The molecule has 118 valence electrons. The molecule has 6 heteroatoms. The molecule has 3 rings (SSSR count). The molecule has 1 aliphatic heterocycles. The summed E-state index contributed by atoms with van der Waals surface area (Å²) in [5.41, 5.74) is 0.608. The number of fused-ring (bicyclic) bond motifs is 1. The number of aryl methyl sites for hydroxylation is 1. The van der Waals surface area contributed by atoms with Crippen molar-refractivity contribution in [3.8, 4) is 0 Å². The maximum atomic E-state index is 13.1. The number of benzene rings is 1. The van der Waals surface area contributed by atoms with E-state index < -0.39 is 17.9 Å². The second-order valence-corrected chi connectivity index (χ2v) is 5.23. The minimum atomic E-state index is -4.39. The van der Waals surface area contributed by atoms with Gasteiger partial charge in [-0.15, -0.1) is 0 Å². The van der Waals surface area contributed by atoms with Gasteiger partial charge in [0, 0.05) is 6.04 Å². The molecule has 0 bridgehead atoms. The van der Waals surface area contributed by atoms with Crippen molar-refractivity contribution in [3.05, 3.63) is 23.3 Å². The summed E-state index contributed by atoms with van der Waals surface area (Å²) in [6.45, 7) is 5.96. The van der Waals surface area contributed by atoms with E-state index in [0.29, 0.717) is 30.8 Å². The van der Waals surface area contributed by atoms with E-state index >= 15 is 0 Å². The molecule has 1 aromatic rings. The van der Waals surface area contributed by atoms with Gasteiger partial charge in [0.15, 0.2) is 0 Å². The van der Waals surface area contributed by atoms with Crippen molar-refractivity contribution < 1.29 is 17.6 Å². The first-order chi connectivity index (χ1) is 9.86. The molecule has 21 heavy (non-hydrogen) atoms. The molecule has 0 aromatic heterocycles. The molecule has 1 aromatic carbocycles. The van der Waals surface area contributed by atoms with Crippen LogP contribution in [0.1, 0.15) is 37.8 Å². The Balaban J connectivity index is 0.000000774. The van der Waals surface area contributed by atoms with E-state index in [2.05, 4.69) is 5.32 Å². The molecule has 1 aliphatic carbocycles. The number of nitrogens with one attached hydrogen (secondary N) is 1. The van der Waals surface area contributed by atoms with Crippen molar-refractivity contribution in [2.75, 3.05) is 16.9 Å². The third-order valence-corrected chi connectivity index (χ3v) is 3.78. The van der Waals surface area contributed by atoms with Gasteiger partial charge in [-0.05, 0) is 37.5 Å². The normalized spacial score (nSPS) is 23.7. The van der Waals surface area contributed by atoms with Crippen LogP contribution in [0.15, 0.2) is 12.1 Å². The lowest BCUT2D eigenvalue weighted by atomic mass is 9.89. The van der Waals surface area contributed by atoms with E-state index in [1.807, 2.05) is 13.8 Å². The van der Waals surface area contributed by atoms with Gasteiger partial charge in [0.2, 0.25) is 0 Å².